The first-order valence-electron chi connectivity index (χ1n) is 7.50. The molecule has 1 aliphatic heterocycles. The number of carbonyl (C=O) groups is 1. The molecule has 26 heavy (non-hydrogen) atoms. The molecule has 2 aromatic carbocycles. The van der Waals surface area contributed by atoms with Crippen molar-refractivity contribution in [2.24, 2.45) is 4.99 Å². The van der Waals surface area contributed by atoms with Crippen molar-refractivity contribution >= 4 is 61.4 Å². The van der Waals surface area contributed by atoms with Crippen LogP contribution in [0, 0.1) is 0 Å². The van der Waals surface area contributed by atoms with Crippen LogP contribution in [0.15, 0.2) is 68.7 Å². The van der Waals surface area contributed by atoms with E-state index >= 15 is 0 Å². The van der Waals surface area contributed by atoms with E-state index in [9.17, 15) is 4.79 Å². The fourth-order valence-electron chi connectivity index (χ4n) is 2.26. The van der Waals surface area contributed by atoms with Crippen LogP contribution in [0.4, 0.5) is 0 Å². The van der Waals surface area contributed by atoms with Crippen LogP contribution < -0.4 is 4.74 Å². The lowest BCUT2D eigenvalue weighted by molar-refractivity contribution is -0.129. The first-order chi connectivity index (χ1) is 12.5. The Hall–Kier alpha value is -1.89. The summed E-state index contributed by atoms with van der Waals surface area (Å²) in [7, 11) is 0. The highest BCUT2D eigenvalue weighted by atomic mass is 79.9. The van der Waals surface area contributed by atoms with Gasteiger partial charge in [0, 0.05) is 0 Å². The van der Waals surface area contributed by atoms with Gasteiger partial charge in [0.25, 0.3) is 0 Å². The number of benzene rings is 2. The first-order valence-corrected chi connectivity index (χ1v) is 9.46. The van der Waals surface area contributed by atoms with E-state index in [4.69, 9.17) is 21.1 Å². The van der Waals surface area contributed by atoms with Crippen LogP contribution in [-0.2, 0) is 9.53 Å². The third-order valence-electron chi connectivity index (χ3n) is 3.39. The van der Waals surface area contributed by atoms with Crippen LogP contribution in [0.5, 0.6) is 5.75 Å². The third kappa shape index (κ3) is 4.09. The molecule has 1 aliphatic rings. The molecule has 0 unspecified atom stereocenters. The fraction of sp³-hybridized carbons (Fsp3) is 0.0526. The second kappa shape index (κ2) is 8.20. The van der Waals surface area contributed by atoms with Crippen molar-refractivity contribution < 1.29 is 14.3 Å². The molecule has 1 heterocycles. The number of hydrogen-bond acceptors (Lipinski definition) is 4. The fourth-order valence-corrected chi connectivity index (χ4v) is 3.93. The quantitative estimate of drug-likeness (QED) is 0.299. The molecule has 0 fully saturated rings. The minimum Gasteiger partial charge on any atom is -0.487 e. The molecule has 132 valence electrons. The monoisotopic (exact) mass is 495 g/mol. The smallest absolute Gasteiger partial charge is 0.363 e. The molecule has 0 saturated heterocycles. The van der Waals surface area contributed by atoms with Crippen LogP contribution in [0.2, 0.25) is 5.02 Å². The van der Waals surface area contributed by atoms with Crippen molar-refractivity contribution in [3.8, 4) is 5.75 Å². The third-order valence-corrected chi connectivity index (χ3v) is 4.90. The highest BCUT2D eigenvalue weighted by Crippen LogP contribution is 2.36. The minimum atomic E-state index is -0.529. The minimum absolute atomic E-state index is 0.191. The predicted octanol–water partition coefficient (Wildman–Crippen LogP) is 5.77. The average molecular weight is 498 g/mol. The molecule has 0 aliphatic carbocycles. The summed E-state index contributed by atoms with van der Waals surface area (Å²) < 4.78 is 12.3. The van der Waals surface area contributed by atoms with E-state index in [0.29, 0.717) is 22.9 Å². The maximum Gasteiger partial charge on any atom is 0.363 e. The Bertz CT molecular complexity index is 931. The maximum absolute atomic E-state index is 12.1. The SMILES string of the molecule is C=CCOc1c(Br)cc(/C=C2\N=C(c3ccccc3Cl)OC2=O)cc1Br. The van der Waals surface area contributed by atoms with Crippen molar-refractivity contribution in [3.63, 3.8) is 0 Å². The Labute approximate surface area is 172 Å². The summed E-state index contributed by atoms with van der Waals surface area (Å²) in [6.07, 6.45) is 3.30. The van der Waals surface area contributed by atoms with Crippen LogP contribution in [0.3, 0.4) is 0 Å². The molecule has 0 amide bonds. The Morgan fingerprint density at radius 3 is 2.58 bits per heavy atom. The van der Waals surface area contributed by atoms with Crippen molar-refractivity contribution in [1.82, 2.24) is 0 Å². The lowest BCUT2D eigenvalue weighted by Crippen LogP contribution is -2.05. The van der Waals surface area contributed by atoms with Crippen molar-refractivity contribution in [2.45, 2.75) is 0 Å². The van der Waals surface area contributed by atoms with Crippen molar-refractivity contribution in [2.75, 3.05) is 6.61 Å². The van der Waals surface area contributed by atoms with Gasteiger partial charge in [0.05, 0.1) is 19.5 Å². The van der Waals surface area contributed by atoms with Gasteiger partial charge >= 0.3 is 5.97 Å². The van der Waals surface area contributed by atoms with E-state index in [1.165, 1.54) is 0 Å². The van der Waals surface area contributed by atoms with Crippen LogP contribution >= 0.6 is 43.5 Å². The number of esters is 1. The number of cyclic esters (lactones) is 1. The van der Waals surface area contributed by atoms with Crippen LogP contribution in [-0.4, -0.2) is 18.5 Å². The van der Waals surface area contributed by atoms with Gasteiger partial charge in [-0.2, -0.15) is 0 Å². The number of hydrogen-bond donors (Lipinski definition) is 0. The number of ether oxygens (including phenoxy) is 2. The zero-order valence-electron chi connectivity index (χ0n) is 13.3. The van der Waals surface area contributed by atoms with E-state index < -0.39 is 5.97 Å². The lowest BCUT2D eigenvalue weighted by atomic mass is 10.2. The van der Waals surface area contributed by atoms with Gasteiger partial charge < -0.3 is 9.47 Å². The molecular formula is C19H12Br2ClNO3. The van der Waals surface area contributed by atoms with Gasteiger partial charge in [-0.05, 0) is 67.8 Å². The highest BCUT2D eigenvalue weighted by Gasteiger charge is 2.25. The number of nitrogens with zero attached hydrogens (tertiary/aromatic N) is 1. The second-order valence-electron chi connectivity index (χ2n) is 5.23. The largest absolute Gasteiger partial charge is 0.487 e. The molecule has 0 radical (unpaired) electrons. The summed E-state index contributed by atoms with van der Waals surface area (Å²) in [4.78, 5) is 16.4. The van der Waals surface area contributed by atoms with E-state index in [2.05, 4.69) is 43.4 Å². The van der Waals surface area contributed by atoms with Gasteiger partial charge in [-0.1, -0.05) is 36.4 Å². The molecule has 0 saturated carbocycles. The molecule has 0 atom stereocenters. The van der Waals surface area contributed by atoms with E-state index in [-0.39, 0.29) is 11.6 Å². The highest BCUT2D eigenvalue weighted by molar-refractivity contribution is 9.11. The molecule has 0 bridgehead atoms. The van der Waals surface area contributed by atoms with Crippen LogP contribution in [0.25, 0.3) is 6.08 Å². The molecule has 2 aromatic rings. The molecule has 3 rings (SSSR count). The first kappa shape index (κ1) is 18.9. The molecular weight excluding hydrogens is 485 g/mol. The number of halogens is 3. The predicted molar refractivity (Wildman–Crippen MR) is 110 cm³/mol. The summed E-state index contributed by atoms with van der Waals surface area (Å²) >= 11 is 13.1. The van der Waals surface area contributed by atoms with Gasteiger partial charge in [-0.3, -0.25) is 0 Å². The Balaban J connectivity index is 1.93. The molecule has 0 aromatic heterocycles. The van der Waals surface area contributed by atoms with Gasteiger partial charge in [0.1, 0.15) is 12.4 Å². The standard InChI is InChI=1S/C19H12Br2ClNO3/c1-2-7-25-17-13(20)8-11(9-14(17)21)10-16-19(24)26-18(23-16)12-5-3-4-6-15(12)22/h2-6,8-10H,1,7H2/b16-10-. The normalized spacial score (nSPS) is 15.0. The summed E-state index contributed by atoms with van der Waals surface area (Å²) in [6, 6.07) is 10.7. The number of carbonyl (C=O) groups excluding carboxylic acids is 1. The van der Waals surface area contributed by atoms with Gasteiger partial charge in [-0.15, -0.1) is 0 Å². The molecule has 7 heteroatoms. The van der Waals surface area contributed by atoms with Gasteiger partial charge in [-0.25, -0.2) is 9.79 Å². The average Bonchev–Trinajstić information content (AvgIpc) is 2.95. The summed E-state index contributed by atoms with van der Waals surface area (Å²) in [5, 5.41) is 0.467. The van der Waals surface area contributed by atoms with Gasteiger partial charge in [0.15, 0.2) is 5.70 Å². The van der Waals surface area contributed by atoms with E-state index in [1.54, 1.807) is 36.4 Å². The molecule has 0 N–H and O–H groups in total. The lowest BCUT2D eigenvalue weighted by Gasteiger charge is -2.09. The van der Waals surface area contributed by atoms with Crippen molar-refractivity contribution in [3.05, 3.63) is 79.8 Å². The summed E-state index contributed by atoms with van der Waals surface area (Å²) in [5.41, 5.74) is 1.52. The topological polar surface area (TPSA) is 47.9 Å². The number of rotatable bonds is 5. The van der Waals surface area contributed by atoms with E-state index in [1.807, 2.05) is 12.1 Å². The van der Waals surface area contributed by atoms with Crippen LogP contribution in [0.1, 0.15) is 11.1 Å². The molecule has 4 nitrogen and oxygen atoms in total. The van der Waals surface area contributed by atoms with Gasteiger partial charge in [0.2, 0.25) is 5.90 Å². The Kier molecular flexibility index (Phi) is 5.96. The second-order valence-corrected chi connectivity index (χ2v) is 7.35. The molecule has 0 spiro atoms. The zero-order valence-corrected chi connectivity index (χ0v) is 17.3. The Morgan fingerprint density at radius 1 is 1.23 bits per heavy atom. The summed E-state index contributed by atoms with van der Waals surface area (Å²) in [6.45, 7) is 4.01. The van der Waals surface area contributed by atoms with E-state index in [0.717, 1.165) is 14.5 Å². The van der Waals surface area contributed by atoms with Crippen molar-refractivity contribution in [1.29, 1.82) is 0 Å². The summed E-state index contributed by atoms with van der Waals surface area (Å²) in [5.74, 6) is 0.316. The number of aliphatic imine (C=N–C) groups is 1. The maximum atomic E-state index is 12.1. The zero-order chi connectivity index (χ0) is 18.7. The Morgan fingerprint density at radius 2 is 1.92 bits per heavy atom.